The van der Waals surface area contributed by atoms with E-state index in [0.717, 1.165) is 22.6 Å². The maximum absolute atomic E-state index is 12.4. The lowest BCUT2D eigenvalue weighted by Crippen LogP contribution is -2.20. The van der Waals surface area contributed by atoms with Crippen LogP contribution >= 0.6 is 22.6 Å². The molecule has 0 fully saturated rings. The van der Waals surface area contributed by atoms with Crippen molar-refractivity contribution in [1.82, 2.24) is 4.98 Å². The van der Waals surface area contributed by atoms with Gasteiger partial charge in [-0.15, -0.1) is 13.2 Å². The number of rotatable bonds is 1. The third-order valence-corrected chi connectivity index (χ3v) is 2.46. The number of ether oxygens (including phenoxy) is 1. The lowest BCUT2D eigenvalue weighted by Gasteiger charge is -2.14. The molecule has 0 radical (unpaired) electrons. The van der Waals surface area contributed by atoms with Gasteiger partial charge in [-0.05, 0) is 22.6 Å². The average Bonchev–Trinajstić information content (AvgIpc) is 2.06. The topological polar surface area (TPSA) is 42.4 Å². The molecule has 1 heterocycles. The summed E-state index contributed by atoms with van der Waals surface area (Å²) < 4.78 is 75.0. The quantitative estimate of drug-likeness (QED) is 0.607. The van der Waals surface area contributed by atoms with Gasteiger partial charge in [0.05, 0.1) is 9.77 Å². The number of nitrogens with zero attached hydrogens (tertiary/aromatic N) is 1. The van der Waals surface area contributed by atoms with Gasteiger partial charge in [-0.2, -0.15) is 13.2 Å². The number of halogens is 7. The normalized spacial score (nSPS) is 12.6. The van der Waals surface area contributed by atoms with Gasteiger partial charge in [-0.1, -0.05) is 0 Å². The summed E-state index contributed by atoms with van der Waals surface area (Å²) >= 11 is 0.964. The fraction of sp³-hybridized carbons (Fsp3) is 0.286. The Bertz CT molecular complexity index is 430. The highest BCUT2D eigenvalue weighted by Gasteiger charge is 2.40. The molecule has 0 aliphatic heterocycles. The van der Waals surface area contributed by atoms with Crippen molar-refractivity contribution in [2.24, 2.45) is 0 Å². The Hall–Kier alpha value is -0.940. The van der Waals surface area contributed by atoms with Crippen LogP contribution in [0, 0.1) is 3.57 Å². The summed E-state index contributed by atoms with van der Waals surface area (Å²) in [6.45, 7) is 0. The van der Waals surface area contributed by atoms with Crippen LogP contribution in [0.15, 0.2) is 6.20 Å². The Morgan fingerprint density at radius 3 is 2.12 bits per heavy atom. The number of aromatic hydroxyl groups is 1. The molecule has 1 aromatic heterocycles. The molecule has 1 aromatic rings. The molecule has 0 aliphatic carbocycles. The minimum atomic E-state index is -5.16. The van der Waals surface area contributed by atoms with Crippen LogP contribution in [-0.4, -0.2) is 16.5 Å². The van der Waals surface area contributed by atoms with E-state index in [-0.39, 0.29) is 6.20 Å². The molecule has 0 aromatic carbocycles. The van der Waals surface area contributed by atoms with E-state index in [4.69, 9.17) is 5.11 Å². The van der Waals surface area contributed by atoms with Gasteiger partial charge in [-0.3, -0.25) is 0 Å². The second-order valence-electron chi connectivity index (χ2n) is 2.68. The predicted molar refractivity (Wildman–Crippen MR) is 50.3 cm³/mol. The molecular formula is C7H2F6INO2. The van der Waals surface area contributed by atoms with Crippen molar-refractivity contribution in [1.29, 1.82) is 0 Å². The first kappa shape index (κ1) is 14.1. The zero-order chi connectivity index (χ0) is 13.4. The molecule has 0 spiro atoms. The Morgan fingerprint density at radius 2 is 1.71 bits per heavy atom. The molecular weight excluding hydrogens is 371 g/mol. The average molecular weight is 373 g/mol. The molecule has 0 saturated heterocycles. The van der Waals surface area contributed by atoms with E-state index >= 15 is 0 Å². The fourth-order valence-electron chi connectivity index (χ4n) is 0.911. The highest BCUT2D eigenvalue weighted by atomic mass is 127. The summed E-state index contributed by atoms with van der Waals surface area (Å²) in [5, 5.41) is 8.93. The standard InChI is InChI=1S/C7H2F6INO2/c8-6(9,10)3-2(16)1-15-5(4(3)14)17-7(11,12)13/h1,16H. The highest BCUT2D eigenvalue weighted by Crippen LogP contribution is 2.42. The molecule has 0 bridgehead atoms. The SMILES string of the molecule is Oc1cnc(OC(F)(F)F)c(I)c1C(F)(F)F. The second-order valence-corrected chi connectivity index (χ2v) is 3.76. The maximum atomic E-state index is 12.4. The van der Waals surface area contributed by atoms with Crippen LogP contribution in [0.2, 0.25) is 0 Å². The van der Waals surface area contributed by atoms with Gasteiger partial charge in [0.15, 0.2) is 0 Å². The number of hydrogen-bond donors (Lipinski definition) is 1. The van der Waals surface area contributed by atoms with Gasteiger partial charge >= 0.3 is 12.5 Å². The highest BCUT2D eigenvalue weighted by molar-refractivity contribution is 14.1. The van der Waals surface area contributed by atoms with Crippen molar-refractivity contribution in [2.45, 2.75) is 12.5 Å². The molecule has 0 unspecified atom stereocenters. The molecule has 17 heavy (non-hydrogen) atoms. The molecule has 0 amide bonds. The number of hydrogen-bond acceptors (Lipinski definition) is 3. The summed E-state index contributed by atoms with van der Waals surface area (Å²) in [4.78, 5) is 2.94. The molecule has 3 nitrogen and oxygen atoms in total. The third kappa shape index (κ3) is 3.51. The number of aromatic nitrogens is 1. The van der Waals surface area contributed by atoms with Crippen molar-refractivity contribution in [3.8, 4) is 11.6 Å². The lowest BCUT2D eigenvalue weighted by atomic mass is 10.2. The molecule has 1 N–H and O–H groups in total. The number of alkyl halides is 6. The van der Waals surface area contributed by atoms with Gasteiger partial charge in [-0.25, -0.2) is 4.98 Å². The van der Waals surface area contributed by atoms with E-state index in [1.54, 1.807) is 0 Å². The second kappa shape index (κ2) is 4.38. The Labute approximate surface area is 104 Å². The predicted octanol–water partition coefficient (Wildman–Crippen LogP) is 3.31. The summed E-state index contributed by atoms with van der Waals surface area (Å²) in [7, 11) is 0. The van der Waals surface area contributed by atoms with E-state index in [1.165, 1.54) is 0 Å². The lowest BCUT2D eigenvalue weighted by molar-refractivity contribution is -0.276. The van der Waals surface area contributed by atoms with Gasteiger partial charge in [0, 0.05) is 0 Å². The Kier molecular flexibility index (Phi) is 3.64. The van der Waals surface area contributed by atoms with Gasteiger partial charge < -0.3 is 9.84 Å². The summed E-state index contributed by atoms with van der Waals surface area (Å²) in [5.41, 5.74) is -1.62. The Morgan fingerprint density at radius 1 is 1.18 bits per heavy atom. The van der Waals surface area contributed by atoms with E-state index in [0.29, 0.717) is 0 Å². The van der Waals surface area contributed by atoms with Crippen LogP contribution in [0.5, 0.6) is 11.6 Å². The zero-order valence-corrected chi connectivity index (χ0v) is 9.68. The van der Waals surface area contributed by atoms with Crippen LogP contribution < -0.4 is 4.74 Å². The van der Waals surface area contributed by atoms with Crippen LogP contribution in [0.25, 0.3) is 0 Å². The van der Waals surface area contributed by atoms with Crippen molar-refractivity contribution in [3.63, 3.8) is 0 Å². The van der Waals surface area contributed by atoms with Crippen molar-refractivity contribution >= 4 is 22.6 Å². The van der Waals surface area contributed by atoms with Crippen molar-refractivity contribution in [2.75, 3.05) is 0 Å². The van der Waals surface area contributed by atoms with Crippen molar-refractivity contribution < 1.29 is 36.2 Å². The Balaban J connectivity index is 3.30. The summed E-state index contributed by atoms with van der Waals surface area (Å²) in [6, 6.07) is 0. The third-order valence-electron chi connectivity index (χ3n) is 1.46. The zero-order valence-electron chi connectivity index (χ0n) is 7.53. The monoisotopic (exact) mass is 373 g/mol. The maximum Gasteiger partial charge on any atom is 0.574 e. The smallest absolute Gasteiger partial charge is 0.506 e. The van der Waals surface area contributed by atoms with Crippen LogP contribution in [0.1, 0.15) is 5.56 Å². The van der Waals surface area contributed by atoms with Crippen LogP contribution in [0.3, 0.4) is 0 Å². The van der Waals surface area contributed by atoms with Gasteiger partial charge in [0.2, 0.25) is 5.88 Å². The first-order valence-electron chi connectivity index (χ1n) is 3.73. The molecule has 10 heteroatoms. The van der Waals surface area contributed by atoms with Crippen molar-refractivity contribution in [3.05, 3.63) is 15.3 Å². The molecule has 0 atom stereocenters. The van der Waals surface area contributed by atoms with E-state index < -0.39 is 33.3 Å². The largest absolute Gasteiger partial charge is 0.574 e. The minimum Gasteiger partial charge on any atom is -0.506 e. The van der Waals surface area contributed by atoms with Gasteiger partial charge in [0.25, 0.3) is 0 Å². The van der Waals surface area contributed by atoms with Gasteiger partial charge in [0.1, 0.15) is 11.3 Å². The molecule has 0 saturated carbocycles. The fourth-order valence-corrected chi connectivity index (χ4v) is 1.74. The first-order chi connectivity index (χ1) is 7.52. The van der Waals surface area contributed by atoms with Crippen LogP contribution in [0.4, 0.5) is 26.3 Å². The first-order valence-corrected chi connectivity index (χ1v) is 4.80. The molecule has 96 valence electrons. The summed E-state index contributed by atoms with van der Waals surface area (Å²) in [6.07, 6.45) is -9.92. The van der Waals surface area contributed by atoms with E-state index in [2.05, 4.69) is 9.72 Å². The summed E-state index contributed by atoms with van der Waals surface area (Å²) in [5.74, 6) is -2.53. The molecule has 1 rings (SSSR count). The minimum absolute atomic E-state index is 0.242. The van der Waals surface area contributed by atoms with E-state index in [9.17, 15) is 26.3 Å². The van der Waals surface area contributed by atoms with Crippen LogP contribution in [-0.2, 0) is 6.18 Å². The molecule has 0 aliphatic rings. The van der Waals surface area contributed by atoms with E-state index in [1.807, 2.05) is 0 Å². The number of pyridine rings is 1.